The van der Waals surface area contributed by atoms with Crippen LogP contribution in [0.25, 0.3) is 0 Å². The van der Waals surface area contributed by atoms with Gasteiger partial charge in [-0.05, 0) is 37.3 Å². The number of nitrogens with zero attached hydrogens (tertiary/aromatic N) is 4. The molecule has 2 heterocycles. The highest BCUT2D eigenvalue weighted by atomic mass is 16.5. The van der Waals surface area contributed by atoms with Gasteiger partial charge in [-0.25, -0.2) is 0 Å². The quantitative estimate of drug-likeness (QED) is 0.738. The van der Waals surface area contributed by atoms with Crippen molar-refractivity contribution in [3.8, 4) is 0 Å². The van der Waals surface area contributed by atoms with Crippen LogP contribution in [-0.4, -0.2) is 31.6 Å². The largest absolute Gasteiger partial charge is 0.396 e. The van der Waals surface area contributed by atoms with Gasteiger partial charge in [-0.2, -0.15) is 10.1 Å². The third-order valence-electron chi connectivity index (χ3n) is 5.34. The smallest absolute Gasteiger partial charge is 0.248 e. The number of aliphatic hydroxyl groups excluding tert-OH is 1. The van der Waals surface area contributed by atoms with Gasteiger partial charge in [-0.3, -0.25) is 4.68 Å². The molecule has 1 aromatic carbocycles. The third-order valence-corrected chi connectivity index (χ3v) is 5.34. The standard InChI is InChI=1S/C20H24N4O2/c1-15-4-6-17(7-5-15)20(9-2-3-10-20)19-22-18(26-23-19)14-24-13-16(8-11-25)12-21-24/h4-7,12-13,25H,2-3,8-11,14H2,1H3. The molecule has 6 heteroatoms. The highest BCUT2D eigenvalue weighted by Crippen LogP contribution is 2.45. The van der Waals surface area contributed by atoms with Gasteiger partial charge >= 0.3 is 0 Å². The number of hydrogen-bond donors (Lipinski definition) is 1. The monoisotopic (exact) mass is 352 g/mol. The molecule has 0 unspecified atom stereocenters. The molecule has 6 nitrogen and oxygen atoms in total. The van der Waals surface area contributed by atoms with Crippen LogP contribution >= 0.6 is 0 Å². The Kier molecular flexibility index (Phi) is 4.59. The lowest BCUT2D eigenvalue weighted by Crippen LogP contribution is -2.25. The number of rotatable bonds is 6. The second kappa shape index (κ2) is 7.03. The van der Waals surface area contributed by atoms with Gasteiger partial charge < -0.3 is 9.63 Å². The fraction of sp³-hybridized carbons (Fsp3) is 0.450. The number of hydrogen-bond acceptors (Lipinski definition) is 5. The molecule has 0 atom stereocenters. The summed E-state index contributed by atoms with van der Waals surface area (Å²) in [6.07, 6.45) is 8.74. The molecule has 1 aliphatic carbocycles. The van der Waals surface area contributed by atoms with Crippen molar-refractivity contribution in [3.05, 3.63) is 65.1 Å². The molecule has 1 saturated carbocycles. The van der Waals surface area contributed by atoms with E-state index in [4.69, 9.17) is 14.6 Å². The van der Waals surface area contributed by atoms with E-state index in [-0.39, 0.29) is 12.0 Å². The summed E-state index contributed by atoms with van der Waals surface area (Å²) < 4.78 is 7.32. The maximum atomic E-state index is 9.02. The molecule has 2 aromatic heterocycles. The van der Waals surface area contributed by atoms with Gasteiger partial charge in [0.1, 0.15) is 6.54 Å². The zero-order chi connectivity index (χ0) is 18.0. The highest BCUT2D eigenvalue weighted by Gasteiger charge is 2.41. The molecule has 0 aliphatic heterocycles. The Balaban J connectivity index is 1.59. The number of benzene rings is 1. The lowest BCUT2D eigenvalue weighted by atomic mass is 9.78. The average molecular weight is 352 g/mol. The minimum absolute atomic E-state index is 0.121. The van der Waals surface area contributed by atoms with Crippen molar-refractivity contribution in [2.75, 3.05) is 6.61 Å². The summed E-state index contributed by atoms with van der Waals surface area (Å²) in [5, 5.41) is 17.7. The molecular weight excluding hydrogens is 328 g/mol. The molecule has 1 fully saturated rings. The van der Waals surface area contributed by atoms with E-state index in [1.165, 1.54) is 24.0 Å². The molecule has 0 spiro atoms. The summed E-state index contributed by atoms with van der Waals surface area (Å²) >= 11 is 0. The second-order valence-corrected chi connectivity index (χ2v) is 7.19. The van der Waals surface area contributed by atoms with Crippen LogP contribution in [0.4, 0.5) is 0 Å². The third kappa shape index (κ3) is 3.17. The summed E-state index contributed by atoms with van der Waals surface area (Å²) in [6, 6.07) is 8.71. The molecule has 0 radical (unpaired) electrons. The predicted octanol–water partition coefficient (Wildman–Crippen LogP) is 3.02. The number of aliphatic hydroxyl groups is 1. The first-order valence-corrected chi connectivity index (χ1v) is 9.22. The summed E-state index contributed by atoms with van der Waals surface area (Å²) in [6.45, 7) is 2.67. The fourth-order valence-corrected chi connectivity index (χ4v) is 3.90. The van der Waals surface area contributed by atoms with Crippen LogP contribution < -0.4 is 0 Å². The Bertz CT molecular complexity index is 860. The molecule has 1 aliphatic rings. The topological polar surface area (TPSA) is 77.0 Å². The van der Waals surface area contributed by atoms with E-state index in [0.717, 1.165) is 24.2 Å². The highest BCUT2D eigenvalue weighted by molar-refractivity contribution is 5.35. The molecule has 0 bridgehead atoms. The van der Waals surface area contributed by atoms with Crippen LogP contribution in [0.15, 0.2) is 41.2 Å². The lowest BCUT2D eigenvalue weighted by molar-refractivity contribution is 0.299. The van der Waals surface area contributed by atoms with Gasteiger partial charge in [0, 0.05) is 12.8 Å². The first-order chi connectivity index (χ1) is 12.7. The van der Waals surface area contributed by atoms with Gasteiger partial charge in [0.15, 0.2) is 5.82 Å². The normalized spacial score (nSPS) is 16.2. The summed E-state index contributed by atoms with van der Waals surface area (Å²) in [5.41, 5.74) is 3.39. The molecule has 136 valence electrons. The molecule has 4 rings (SSSR count). The predicted molar refractivity (Wildman–Crippen MR) is 96.8 cm³/mol. The molecule has 0 saturated heterocycles. The SMILES string of the molecule is Cc1ccc(C2(c3noc(Cn4cc(CCO)cn4)n3)CCCC2)cc1. The van der Waals surface area contributed by atoms with E-state index < -0.39 is 0 Å². The summed E-state index contributed by atoms with van der Waals surface area (Å²) in [7, 11) is 0. The van der Waals surface area contributed by atoms with Crippen LogP contribution in [0.3, 0.4) is 0 Å². The molecule has 1 N–H and O–H groups in total. The average Bonchev–Trinajstić information content (AvgIpc) is 3.38. The van der Waals surface area contributed by atoms with Crippen molar-refractivity contribution < 1.29 is 9.63 Å². The summed E-state index contributed by atoms with van der Waals surface area (Å²) in [4.78, 5) is 4.73. The van der Waals surface area contributed by atoms with Crippen molar-refractivity contribution in [2.24, 2.45) is 0 Å². The van der Waals surface area contributed by atoms with Crippen LogP contribution in [0.1, 0.15) is 54.1 Å². The van der Waals surface area contributed by atoms with Crippen LogP contribution in [-0.2, 0) is 18.4 Å². The lowest BCUT2D eigenvalue weighted by Gasteiger charge is -2.25. The van der Waals surface area contributed by atoms with Gasteiger partial charge in [-0.15, -0.1) is 0 Å². The Hall–Kier alpha value is -2.47. The second-order valence-electron chi connectivity index (χ2n) is 7.19. The van der Waals surface area contributed by atoms with Crippen LogP contribution in [0, 0.1) is 6.92 Å². The maximum absolute atomic E-state index is 9.02. The van der Waals surface area contributed by atoms with E-state index in [1.54, 1.807) is 10.9 Å². The van der Waals surface area contributed by atoms with Gasteiger partial charge in [0.05, 0.1) is 11.6 Å². The van der Waals surface area contributed by atoms with E-state index in [1.807, 2.05) is 6.20 Å². The van der Waals surface area contributed by atoms with E-state index in [9.17, 15) is 0 Å². The van der Waals surface area contributed by atoms with Gasteiger partial charge in [0.25, 0.3) is 0 Å². The number of aryl methyl sites for hydroxylation is 1. The maximum Gasteiger partial charge on any atom is 0.248 e. The Labute approximate surface area is 152 Å². The fourth-order valence-electron chi connectivity index (χ4n) is 3.90. The number of aromatic nitrogens is 4. The first kappa shape index (κ1) is 17.0. The molecule has 0 amide bonds. The first-order valence-electron chi connectivity index (χ1n) is 9.22. The van der Waals surface area contributed by atoms with Crippen molar-refractivity contribution in [3.63, 3.8) is 0 Å². The summed E-state index contributed by atoms with van der Waals surface area (Å²) in [5.74, 6) is 1.36. The Morgan fingerprint density at radius 2 is 1.96 bits per heavy atom. The zero-order valence-corrected chi connectivity index (χ0v) is 15.1. The van der Waals surface area contributed by atoms with Gasteiger partial charge in [-0.1, -0.05) is 47.8 Å². The molecular formula is C20H24N4O2. The van der Waals surface area contributed by atoms with E-state index in [2.05, 4.69) is 41.4 Å². The van der Waals surface area contributed by atoms with Crippen molar-refractivity contribution >= 4 is 0 Å². The Morgan fingerprint density at radius 1 is 1.19 bits per heavy atom. The van der Waals surface area contributed by atoms with Crippen molar-refractivity contribution in [2.45, 2.75) is 51.0 Å². The zero-order valence-electron chi connectivity index (χ0n) is 15.1. The van der Waals surface area contributed by atoms with Crippen LogP contribution in [0.5, 0.6) is 0 Å². The Morgan fingerprint density at radius 3 is 2.69 bits per heavy atom. The van der Waals surface area contributed by atoms with Gasteiger partial charge in [0.2, 0.25) is 5.89 Å². The van der Waals surface area contributed by atoms with E-state index >= 15 is 0 Å². The molecule has 26 heavy (non-hydrogen) atoms. The van der Waals surface area contributed by atoms with Crippen molar-refractivity contribution in [1.82, 2.24) is 19.9 Å². The minimum atomic E-state index is -0.137. The molecule has 3 aromatic rings. The van der Waals surface area contributed by atoms with Crippen molar-refractivity contribution in [1.29, 1.82) is 0 Å². The minimum Gasteiger partial charge on any atom is -0.396 e. The van der Waals surface area contributed by atoms with Crippen LogP contribution in [0.2, 0.25) is 0 Å². The van der Waals surface area contributed by atoms with E-state index in [0.29, 0.717) is 18.9 Å².